The van der Waals surface area contributed by atoms with E-state index in [0.29, 0.717) is 6.61 Å². The average Bonchev–Trinajstić information content (AvgIpc) is 2.49. The number of para-hydroxylation sites is 1. The molecule has 1 unspecified atom stereocenters. The molecule has 0 aromatic heterocycles. The first kappa shape index (κ1) is 17.1. The van der Waals surface area contributed by atoms with Gasteiger partial charge in [0.2, 0.25) is 0 Å². The van der Waals surface area contributed by atoms with Gasteiger partial charge >= 0.3 is 6.72 Å². The summed E-state index contributed by atoms with van der Waals surface area (Å²) >= 11 is 1.31. The summed E-state index contributed by atoms with van der Waals surface area (Å²) in [4.78, 5) is 0.945. The zero-order valence-corrected chi connectivity index (χ0v) is 14.9. The number of rotatable bonds is 7. The van der Waals surface area contributed by atoms with Crippen LogP contribution in [0.3, 0.4) is 0 Å². The van der Waals surface area contributed by atoms with Gasteiger partial charge in [-0.1, -0.05) is 36.4 Å². The minimum absolute atomic E-state index is 0.0657. The molecule has 1 atom stereocenters. The SMILES string of the molecule is CCOP(=O)(Sc1ccccc1)N(c1ccccc1)C(C)C. The van der Waals surface area contributed by atoms with Crippen LogP contribution in [-0.2, 0) is 9.09 Å². The Morgan fingerprint density at radius 3 is 2.09 bits per heavy atom. The highest BCUT2D eigenvalue weighted by molar-refractivity contribution is 8.57. The molecule has 0 aliphatic rings. The lowest BCUT2D eigenvalue weighted by atomic mass is 10.3. The van der Waals surface area contributed by atoms with Gasteiger partial charge in [0.05, 0.1) is 6.61 Å². The third-order valence-electron chi connectivity index (χ3n) is 3.03. The van der Waals surface area contributed by atoms with E-state index >= 15 is 0 Å². The van der Waals surface area contributed by atoms with Gasteiger partial charge < -0.3 is 4.52 Å². The van der Waals surface area contributed by atoms with Crippen molar-refractivity contribution in [3.05, 3.63) is 60.7 Å². The molecule has 5 heteroatoms. The zero-order chi connectivity index (χ0) is 16.0. The van der Waals surface area contributed by atoms with Crippen LogP contribution in [-0.4, -0.2) is 12.6 Å². The van der Waals surface area contributed by atoms with Crippen molar-refractivity contribution in [3.63, 3.8) is 0 Å². The van der Waals surface area contributed by atoms with Crippen LogP contribution in [0.25, 0.3) is 0 Å². The molecule has 2 aromatic carbocycles. The Morgan fingerprint density at radius 1 is 1.05 bits per heavy atom. The fourth-order valence-electron chi connectivity index (χ4n) is 2.21. The monoisotopic (exact) mass is 335 g/mol. The second kappa shape index (κ2) is 7.87. The van der Waals surface area contributed by atoms with E-state index in [1.54, 1.807) is 0 Å². The number of benzene rings is 2. The van der Waals surface area contributed by atoms with Crippen molar-refractivity contribution in [1.29, 1.82) is 0 Å². The zero-order valence-electron chi connectivity index (χ0n) is 13.2. The molecule has 2 rings (SSSR count). The maximum absolute atomic E-state index is 13.6. The van der Waals surface area contributed by atoms with Crippen LogP contribution in [0.15, 0.2) is 65.6 Å². The van der Waals surface area contributed by atoms with Crippen LogP contribution in [0.1, 0.15) is 20.8 Å². The normalized spacial score (nSPS) is 13.8. The van der Waals surface area contributed by atoms with Gasteiger partial charge in [0.15, 0.2) is 0 Å². The van der Waals surface area contributed by atoms with E-state index < -0.39 is 6.72 Å². The summed E-state index contributed by atoms with van der Waals surface area (Å²) in [7, 11) is 0. The van der Waals surface area contributed by atoms with E-state index in [9.17, 15) is 4.57 Å². The predicted octanol–water partition coefficient (Wildman–Crippen LogP) is 5.84. The highest BCUT2D eigenvalue weighted by Crippen LogP contribution is 2.66. The van der Waals surface area contributed by atoms with E-state index in [1.807, 2.05) is 86.1 Å². The van der Waals surface area contributed by atoms with Crippen molar-refractivity contribution in [2.45, 2.75) is 31.7 Å². The molecule has 0 N–H and O–H groups in total. The van der Waals surface area contributed by atoms with E-state index in [0.717, 1.165) is 10.6 Å². The van der Waals surface area contributed by atoms with Crippen LogP contribution in [0, 0.1) is 0 Å². The van der Waals surface area contributed by atoms with Gasteiger partial charge in [0.25, 0.3) is 0 Å². The summed E-state index contributed by atoms with van der Waals surface area (Å²) in [5.41, 5.74) is 0.915. The first-order valence-electron chi connectivity index (χ1n) is 7.41. The van der Waals surface area contributed by atoms with Crippen molar-refractivity contribution < 1.29 is 9.09 Å². The van der Waals surface area contributed by atoms with Crippen molar-refractivity contribution >= 4 is 23.8 Å². The quantitative estimate of drug-likeness (QED) is 0.595. The minimum Gasteiger partial charge on any atom is -0.306 e. The molecule has 0 spiro atoms. The van der Waals surface area contributed by atoms with Crippen LogP contribution >= 0.6 is 18.1 Å². The van der Waals surface area contributed by atoms with Crippen LogP contribution in [0.4, 0.5) is 5.69 Å². The molecule has 3 nitrogen and oxygen atoms in total. The Labute approximate surface area is 136 Å². The van der Waals surface area contributed by atoms with Crippen molar-refractivity contribution in [3.8, 4) is 0 Å². The van der Waals surface area contributed by atoms with Gasteiger partial charge in [-0.05, 0) is 56.4 Å². The van der Waals surface area contributed by atoms with E-state index in [2.05, 4.69) is 0 Å². The number of nitrogens with zero attached hydrogens (tertiary/aromatic N) is 1. The maximum atomic E-state index is 13.6. The standard InChI is InChI=1S/C17H22NO2PS/c1-4-20-21(19,22-17-13-9-6-10-14-17)18(15(2)3)16-11-7-5-8-12-16/h5-15H,4H2,1-3H3. The molecule has 0 aliphatic heterocycles. The molecule has 0 fully saturated rings. The maximum Gasteiger partial charge on any atom is 0.358 e. The predicted molar refractivity (Wildman–Crippen MR) is 95.6 cm³/mol. The molecule has 0 aliphatic carbocycles. The van der Waals surface area contributed by atoms with E-state index in [4.69, 9.17) is 4.52 Å². The first-order valence-corrected chi connectivity index (χ1v) is 10.4. The van der Waals surface area contributed by atoms with E-state index in [1.165, 1.54) is 11.4 Å². The molecule has 0 saturated heterocycles. The summed E-state index contributed by atoms with van der Waals surface area (Å²) in [5, 5.41) is 0. The number of hydrogen-bond acceptors (Lipinski definition) is 3. The van der Waals surface area contributed by atoms with Gasteiger partial charge in [-0.3, -0.25) is 9.24 Å². The third kappa shape index (κ3) is 4.16. The largest absolute Gasteiger partial charge is 0.358 e. The Kier molecular flexibility index (Phi) is 6.13. The summed E-state index contributed by atoms with van der Waals surface area (Å²) < 4.78 is 21.2. The Hall–Kier alpha value is -1.22. The second-order valence-corrected chi connectivity index (χ2v) is 9.28. The lowest BCUT2D eigenvalue weighted by Crippen LogP contribution is -2.27. The van der Waals surface area contributed by atoms with Gasteiger partial charge in [0, 0.05) is 16.6 Å². The summed E-state index contributed by atoms with van der Waals surface area (Å²) in [6, 6.07) is 19.6. The van der Waals surface area contributed by atoms with Gasteiger partial charge in [-0.25, -0.2) is 0 Å². The van der Waals surface area contributed by atoms with Gasteiger partial charge in [0.1, 0.15) is 0 Å². The Morgan fingerprint density at radius 2 is 1.59 bits per heavy atom. The fourth-order valence-corrected chi connectivity index (χ4v) is 7.08. The van der Waals surface area contributed by atoms with Crippen LogP contribution in [0.2, 0.25) is 0 Å². The Balaban J connectivity index is 2.40. The lowest BCUT2D eigenvalue weighted by molar-refractivity contribution is 0.341. The number of anilines is 1. The van der Waals surface area contributed by atoms with Crippen molar-refractivity contribution in [2.24, 2.45) is 0 Å². The summed E-state index contributed by atoms with van der Waals surface area (Å²) in [6.07, 6.45) is 0. The van der Waals surface area contributed by atoms with Crippen molar-refractivity contribution in [2.75, 3.05) is 11.3 Å². The molecule has 0 heterocycles. The summed E-state index contributed by atoms with van der Waals surface area (Å²) in [6.45, 7) is 3.27. The number of hydrogen-bond donors (Lipinski definition) is 0. The highest BCUT2D eigenvalue weighted by atomic mass is 32.7. The van der Waals surface area contributed by atoms with Crippen molar-refractivity contribution in [1.82, 2.24) is 0 Å². The Bertz CT molecular complexity index is 619. The molecule has 0 radical (unpaired) electrons. The van der Waals surface area contributed by atoms with Crippen LogP contribution in [0.5, 0.6) is 0 Å². The molecule has 0 amide bonds. The molecular weight excluding hydrogens is 313 g/mol. The second-order valence-electron chi connectivity index (χ2n) is 5.06. The van der Waals surface area contributed by atoms with Crippen LogP contribution < -0.4 is 4.67 Å². The molecular formula is C17H22NO2PS. The molecule has 0 saturated carbocycles. The molecule has 2 aromatic rings. The molecule has 0 bridgehead atoms. The average molecular weight is 335 g/mol. The first-order chi connectivity index (χ1) is 10.6. The topological polar surface area (TPSA) is 29.5 Å². The molecule has 118 valence electrons. The van der Waals surface area contributed by atoms with Gasteiger partial charge in [-0.15, -0.1) is 0 Å². The van der Waals surface area contributed by atoms with E-state index in [-0.39, 0.29) is 6.04 Å². The molecule has 22 heavy (non-hydrogen) atoms. The highest BCUT2D eigenvalue weighted by Gasteiger charge is 2.35. The summed E-state index contributed by atoms with van der Waals surface area (Å²) in [5.74, 6) is 0. The third-order valence-corrected chi connectivity index (χ3v) is 7.72. The fraction of sp³-hybridized carbons (Fsp3) is 0.294. The van der Waals surface area contributed by atoms with Gasteiger partial charge in [-0.2, -0.15) is 0 Å². The minimum atomic E-state index is -3.08. The smallest absolute Gasteiger partial charge is 0.306 e. The lowest BCUT2D eigenvalue weighted by Gasteiger charge is -2.35.